The highest BCUT2D eigenvalue weighted by Gasteiger charge is 2.29. The fraction of sp³-hybridized carbons (Fsp3) is 0.206. The molecular weight excluding hydrogens is 534 g/mol. The second kappa shape index (κ2) is 12.8. The highest BCUT2D eigenvalue weighted by atomic mass is 35.5. The number of carbonyl (C=O) groups is 1. The van der Waals surface area contributed by atoms with Gasteiger partial charge in [0.25, 0.3) is 11.5 Å². The van der Waals surface area contributed by atoms with E-state index in [1.165, 1.54) is 5.56 Å². The first-order valence-electron chi connectivity index (χ1n) is 13.8. The Kier molecular flexibility index (Phi) is 8.80. The van der Waals surface area contributed by atoms with Gasteiger partial charge >= 0.3 is 0 Å². The van der Waals surface area contributed by atoms with Crippen LogP contribution in [0.2, 0.25) is 5.02 Å². The molecule has 1 aromatic heterocycles. The third kappa shape index (κ3) is 6.34. The van der Waals surface area contributed by atoms with Crippen molar-refractivity contribution in [1.29, 1.82) is 0 Å². The van der Waals surface area contributed by atoms with Crippen molar-refractivity contribution in [1.82, 2.24) is 14.5 Å². The van der Waals surface area contributed by atoms with Crippen molar-refractivity contribution in [3.63, 3.8) is 0 Å². The summed E-state index contributed by atoms with van der Waals surface area (Å²) in [5.74, 6) is 0.842. The number of hydrogen-bond donors (Lipinski definition) is 0. The van der Waals surface area contributed by atoms with Crippen LogP contribution >= 0.6 is 11.6 Å². The smallest absolute Gasteiger partial charge is 0.266 e. The van der Waals surface area contributed by atoms with Gasteiger partial charge in [0.2, 0.25) is 0 Å². The van der Waals surface area contributed by atoms with Gasteiger partial charge in [-0.1, -0.05) is 80.0 Å². The van der Waals surface area contributed by atoms with Gasteiger partial charge in [0, 0.05) is 11.6 Å². The molecule has 7 heteroatoms. The van der Waals surface area contributed by atoms with Crippen LogP contribution in [0.15, 0.2) is 108 Å². The van der Waals surface area contributed by atoms with Crippen LogP contribution in [-0.4, -0.2) is 27.0 Å². The molecule has 0 fully saturated rings. The molecule has 5 rings (SSSR count). The van der Waals surface area contributed by atoms with Gasteiger partial charge in [-0.15, -0.1) is 0 Å². The topological polar surface area (TPSA) is 64.4 Å². The second-order valence-electron chi connectivity index (χ2n) is 9.82. The van der Waals surface area contributed by atoms with Crippen LogP contribution in [-0.2, 0) is 17.8 Å². The Morgan fingerprint density at radius 3 is 2.24 bits per heavy atom. The quantitative estimate of drug-likeness (QED) is 0.180. The molecule has 0 saturated carbocycles. The van der Waals surface area contributed by atoms with E-state index in [-0.39, 0.29) is 18.1 Å². The monoisotopic (exact) mass is 565 g/mol. The van der Waals surface area contributed by atoms with Crippen LogP contribution in [0.4, 0.5) is 0 Å². The average molecular weight is 566 g/mol. The van der Waals surface area contributed by atoms with Gasteiger partial charge in [0.15, 0.2) is 6.61 Å². The number of rotatable bonds is 10. The molecule has 0 aliphatic carbocycles. The Bertz CT molecular complexity index is 1680. The molecule has 0 spiro atoms. The molecule has 1 heterocycles. The van der Waals surface area contributed by atoms with Crippen LogP contribution in [0, 0.1) is 0 Å². The van der Waals surface area contributed by atoms with Gasteiger partial charge in [-0.3, -0.25) is 14.2 Å². The second-order valence-corrected chi connectivity index (χ2v) is 10.3. The molecule has 41 heavy (non-hydrogen) atoms. The Morgan fingerprint density at radius 2 is 1.56 bits per heavy atom. The van der Waals surface area contributed by atoms with E-state index in [1.54, 1.807) is 39.8 Å². The van der Waals surface area contributed by atoms with Crippen molar-refractivity contribution in [2.45, 2.75) is 39.3 Å². The summed E-state index contributed by atoms with van der Waals surface area (Å²) < 4.78 is 7.52. The van der Waals surface area contributed by atoms with E-state index >= 15 is 0 Å². The SMILES string of the molecule is CCc1ccc(-n2c(C(CC)N(Cc3ccccc3)C(=O)COc3ccc(Cl)cc3)nc3ccccc3c2=O)cc1. The maximum Gasteiger partial charge on any atom is 0.266 e. The van der Waals surface area contributed by atoms with Crippen LogP contribution in [0.25, 0.3) is 16.6 Å². The Labute approximate surface area is 244 Å². The minimum atomic E-state index is -0.500. The van der Waals surface area contributed by atoms with Crippen LogP contribution in [0.3, 0.4) is 0 Å². The molecule has 4 aromatic carbocycles. The third-order valence-electron chi connectivity index (χ3n) is 7.16. The predicted molar refractivity (Wildman–Crippen MR) is 164 cm³/mol. The van der Waals surface area contributed by atoms with Crippen molar-refractivity contribution in [3.8, 4) is 11.4 Å². The molecule has 1 atom stereocenters. The van der Waals surface area contributed by atoms with Crippen LogP contribution in [0.5, 0.6) is 5.75 Å². The lowest BCUT2D eigenvalue weighted by Crippen LogP contribution is -2.40. The van der Waals surface area contributed by atoms with Crippen molar-refractivity contribution in [2.24, 2.45) is 0 Å². The lowest BCUT2D eigenvalue weighted by atomic mass is 10.1. The Morgan fingerprint density at radius 1 is 0.878 bits per heavy atom. The normalized spacial score (nSPS) is 11.8. The highest BCUT2D eigenvalue weighted by Crippen LogP contribution is 2.28. The lowest BCUT2D eigenvalue weighted by molar-refractivity contribution is -0.137. The van der Waals surface area contributed by atoms with E-state index in [2.05, 4.69) is 6.92 Å². The molecule has 5 aromatic rings. The van der Waals surface area contributed by atoms with E-state index in [1.807, 2.05) is 79.7 Å². The number of ether oxygens (including phenoxy) is 1. The zero-order valence-electron chi connectivity index (χ0n) is 23.2. The standard InChI is InChI=1S/C34H32ClN3O3/c1-3-24-14-18-27(19-15-24)38-33(36-30-13-9-8-12-29(30)34(38)40)31(4-2)37(22-25-10-6-5-7-11-25)32(39)23-41-28-20-16-26(35)17-21-28/h5-21,31H,3-4,22-23H2,1-2H3. The third-order valence-corrected chi connectivity index (χ3v) is 7.41. The van der Waals surface area contributed by atoms with Gasteiger partial charge in [-0.05, 0) is 72.5 Å². The van der Waals surface area contributed by atoms with Gasteiger partial charge < -0.3 is 9.64 Å². The number of fused-ring (bicyclic) bond motifs is 1. The van der Waals surface area contributed by atoms with Crippen molar-refractivity contribution in [2.75, 3.05) is 6.61 Å². The van der Waals surface area contributed by atoms with Crippen molar-refractivity contribution in [3.05, 3.63) is 135 Å². The zero-order chi connectivity index (χ0) is 28.8. The fourth-order valence-corrected chi connectivity index (χ4v) is 5.08. The molecule has 0 radical (unpaired) electrons. The summed E-state index contributed by atoms with van der Waals surface area (Å²) in [5, 5.41) is 1.12. The number of hydrogen-bond acceptors (Lipinski definition) is 4. The predicted octanol–water partition coefficient (Wildman–Crippen LogP) is 7.16. The highest BCUT2D eigenvalue weighted by molar-refractivity contribution is 6.30. The first kappa shape index (κ1) is 28.1. The molecule has 0 saturated heterocycles. The van der Waals surface area contributed by atoms with Crippen molar-refractivity contribution < 1.29 is 9.53 Å². The molecule has 1 amide bonds. The summed E-state index contributed by atoms with van der Waals surface area (Å²) in [6.45, 7) is 4.26. The van der Waals surface area contributed by atoms with Crippen LogP contribution < -0.4 is 10.3 Å². The molecular formula is C34H32ClN3O3. The number of aromatic nitrogens is 2. The number of amides is 1. The Hall–Kier alpha value is -4.42. The minimum absolute atomic E-state index is 0.169. The molecule has 208 valence electrons. The van der Waals surface area contributed by atoms with E-state index in [9.17, 15) is 9.59 Å². The molecule has 1 unspecified atom stereocenters. The maximum absolute atomic E-state index is 14.0. The summed E-state index contributed by atoms with van der Waals surface area (Å²) >= 11 is 6.01. The molecule has 0 N–H and O–H groups in total. The molecule has 0 aliphatic heterocycles. The number of aryl methyl sites for hydroxylation is 1. The first-order valence-corrected chi connectivity index (χ1v) is 14.2. The van der Waals surface area contributed by atoms with Gasteiger partial charge in [0.1, 0.15) is 11.6 Å². The maximum atomic E-state index is 14.0. The Balaban J connectivity index is 1.61. The lowest BCUT2D eigenvalue weighted by Gasteiger charge is -2.32. The van der Waals surface area contributed by atoms with E-state index < -0.39 is 6.04 Å². The number of halogens is 1. The minimum Gasteiger partial charge on any atom is -0.484 e. The van der Waals surface area contributed by atoms with Crippen molar-refractivity contribution >= 4 is 28.4 Å². The van der Waals surface area contributed by atoms with Gasteiger partial charge in [-0.2, -0.15) is 0 Å². The summed E-state index contributed by atoms with van der Waals surface area (Å²) in [6, 6.07) is 31.5. The van der Waals surface area contributed by atoms with E-state index in [4.69, 9.17) is 21.3 Å². The molecule has 6 nitrogen and oxygen atoms in total. The number of nitrogens with zero attached hydrogens (tertiary/aromatic N) is 3. The summed E-state index contributed by atoms with van der Waals surface area (Å²) in [5.41, 5.74) is 3.27. The largest absolute Gasteiger partial charge is 0.484 e. The van der Waals surface area contributed by atoms with E-state index in [0.717, 1.165) is 12.0 Å². The number of para-hydroxylation sites is 1. The molecule has 0 aliphatic rings. The fourth-order valence-electron chi connectivity index (χ4n) is 4.96. The van der Waals surface area contributed by atoms with Crippen LogP contribution in [0.1, 0.15) is 43.3 Å². The number of carbonyl (C=O) groups excluding carboxylic acids is 1. The molecule has 0 bridgehead atoms. The summed E-state index contributed by atoms with van der Waals surface area (Å²) in [7, 11) is 0. The summed E-state index contributed by atoms with van der Waals surface area (Å²) in [6.07, 6.45) is 1.43. The first-order chi connectivity index (χ1) is 20.0. The zero-order valence-corrected chi connectivity index (χ0v) is 23.9. The average Bonchev–Trinajstić information content (AvgIpc) is 3.01. The summed E-state index contributed by atoms with van der Waals surface area (Å²) in [4.78, 5) is 34.7. The van der Waals surface area contributed by atoms with Gasteiger partial charge in [-0.25, -0.2) is 4.98 Å². The number of benzene rings is 4. The van der Waals surface area contributed by atoms with E-state index in [0.29, 0.717) is 46.2 Å². The van der Waals surface area contributed by atoms with Gasteiger partial charge in [0.05, 0.1) is 22.6 Å².